The minimum Gasteiger partial charge on any atom is -0.352 e. The number of piperidine rings is 1. The van der Waals surface area contributed by atoms with Crippen LogP contribution in [-0.4, -0.2) is 39.0 Å². The second-order valence-corrected chi connectivity index (χ2v) is 8.54. The van der Waals surface area contributed by atoms with E-state index < -0.39 is 26.8 Å². The van der Waals surface area contributed by atoms with Crippen molar-refractivity contribution in [1.29, 1.82) is 0 Å². The Morgan fingerprint density at radius 3 is 2.60 bits per heavy atom. The minimum atomic E-state index is -4.13. The normalized spacial score (nSPS) is 22.6. The van der Waals surface area contributed by atoms with E-state index in [2.05, 4.69) is 15.4 Å². The lowest BCUT2D eigenvalue weighted by Gasteiger charge is -2.31. The lowest BCUT2D eigenvalue weighted by Crippen LogP contribution is -2.54. The topological polar surface area (TPSA) is 87.3 Å². The molecule has 1 heterocycles. The fourth-order valence-corrected chi connectivity index (χ4v) is 4.36. The first kappa shape index (κ1) is 19.8. The number of hydrogen-bond acceptors (Lipinski definition) is 4. The van der Waals surface area contributed by atoms with Crippen LogP contribution in [0.25, 0.3) is 0 Å². The van der Waals surface area contributed by atoms with E-state index >= 15 is 0 Å². The molecule has 1 aliphatic heterocycles. The Balaban J connectivity index is 2.12. The van der Waals surface area contributed by atoms with Crippen LogP contribution in [0.5, 0.6) is 0 Å². The molecule has 3 unspecified atom stereocenters. The second kappa shape index (κ2) is 8.25. The Morgan fingerprint density at radius 1 is 1.32 bits per heavy atom. The lowest BCUT2D eigenvalue weighted by molar-refractivity contribution is -0.124. The third kappa shape index (κ3) is 5.23. The molecule has 0 aromatic heterocycles. The fourth-order valence-electron chi connectivity index (χ4n) is 2.94. The van der Waals surface area contributed by atoms with Crippen LogP contribution in [0.3, 0.4) is 0 Å². The number of benzene rings is 1. The number of amides is 1. The molecule has 1 aliphatic rings. The third-order valence-electron chi connectivity index (χ3n) is 4.33. The Bertz CT molecular complexity index is 709. The zero-order chi connectivity index (χ0) is 18.6. The summed E-state index contributed by atoms with van der Waals surface area (Å²) in [4.78, 5) is 12.1. The Labute approximate surface area is 148 Å². The number of carbonyl (C=O) groups excluding carboxylic acids is 1. The van der Waals surface area contributed by atoms with E-state index in [4.69, 9.17) is 0 Å². The number of hydrogen-bond donors (Lipinski definition) is 3. The van der Waals surface area contributed by atoms with Gasteiger partial charge in [0.15, 0.2) is 0 Å². The van der Waals surface area contributed by atoms with Gasteiger partial charge in [0, 0.05) is 12.1 Å². The summed E-state index contributed by atoms with van der Waals surface area (Å²) < 4.78 is 41.1. The van der Waals surface area contributed by atoms with Gasteiger partial charge >= 0.3 is 0 Å². The van der Waals surface area contributed by atoms with Gasteiger partial charge in [0.2, 0.25) is 15.9 Å². The molecule has 1 amide bonds. The maximum Gasteiger partial charge on any atom is 0.244 e. The molecule has 3 atom stereocenters. The number of sulfonamides is 1. The molecule has 1 aromatic carbocycles. The molecular formula is C17H26FN3O3S. The molecule has 8 heteroatoms. The molecule has 0 radical (unpaired) electrons. The van der Waals surface area contributed by atoms with Crippen LogP contribution in [0.2, 0.25) is 0 Å². The molecule has 140 valence electrons. The highest BCUT2D eigenvalue weighted by atomic mass is 32.2. The maximum atomic E-state index is 13.8. The smallest absolute Gasteiger partial charge is 0.244 e. The monoisotopic (exact) mass is 371 g/mol. The van der Waals surface area contributed by atoms with Crippen LogP contribution in [0, 0.1) is 11.7 Å². The number of nitrogens with one attached hydrogen (secondary N) is 3. The van der Waals surface area contributed by atoms with E-state index in [1.807, 2.05) is 6.92 Å². The average Bonchev–Trinajstić information content (AvgIpc) is 2.52. The lowest BCUT2D eigenvalue weighted by atomic mass is 9.99. The molecule has 25 heavy (non-hydrogen) atoms. The van der Waals surface area contributed by atoms with Crippen LogP contribution < -0.4 is 15.4 Å². The summed E-state index contributed by atoms with van der Waals surface area (Å²) in [6, 6.07) is 4.46. The van der Waals surface area contributed by atoms with Crippen molar-refractivity contribution in [1.82, 2.24) is 15.4 Å². The largest absolute Gasteiger partial charge is 0.352 e. The van der Waals surface area contributed by atoms with Gasteiger partial charge in [-0.2, -0.15) is 4.72 Å². The van der Waals surface area contributed by atoms with Gasteiger partial charge in [-0.3, -0.25) is 4.79 Å². The molecular weight excluding hydrogens is 345 g/mol. The summed E-state index contributed by atoms with van der Waals surface area (Å²) >= 11 is 0. The zero-order valence-corrected chi connectivity index (χ0v) is 15.6. The van der Waals surface area contributed by atoms with Gasteiger partial charge in [0.1, 0.15) is 16.8 Å². The maximum absolute atomic E-state index is 13.8. The summed E-state index contributed by atoms with van der Waals surface area (Å²) in [6.07, 6.45) is 1.58. The fraction of sp³-hybridized carbons (Fsp3) is 0.588. The Morgan fingerprint density at radius 2 is 2.00 bits per heavy atom. The molecule has 3 N–H and O–H groups in total. The van der Waals surface area contributed by atoms with E-state index in [-0.39, 0.29) is 17.9 Å². The molecule has 0 saturated carbocycles. The van der Waals surface area contributed by atoms with Gasteiger partial charge in [-0.1, -0.05) is 26.0 Å². The first-order valence-corrected chi connectivity index (χ1v) is 9.99. The van der Waals surface area contributed by atoms with Gasteiger partial charge in [-0.15, -0.1) is 0 Å². The third-order valence-corrected chi connectivity index (χ3v) is 5.80. The summed E-state index contributed by atoms with van der Waals surface area (Å²) in [7, 11) is -4.13. The van der Waals surface area contributed by atoms with Gasteiger partial charge in [-0.25, -0.2) is 12.8 Å². The summed E-state index contributed by atoms with van der Waals surface area (Å²) in [5.41, 5.74) is 0. The predicted molar refractivity (Wildman–Crippen MR) is 94.0 cm³/mol. The van der Waals surface area contributed by atoms with Gasteiger partial charge in [0.05, 0.1) is 0 Å². The minimum absolute atomic E-state index is 0.00275. The molecule has 0 spiro atoms. The van der Waals surface area contributed by atoms with Crippen molar-refractivity contribution in [2.75, 3.05) is 6.54 Å². The van der Waals surface area contributed by atoms with E-state index in [0.29, 0.717) is 6.04 Å². The number of carbonyl (C=O) groups is 1. The molecule has 1 saturated heterocycles. The molecule has 2 rings (SSSR count). The molecule has 0 bridgehead atoms. The SMILES string of the molecule is CC1CC(NC(=O)C(NS(=O)(=O)c2ccccc2F)C(C)C)CCN1. The average molecular weight is 371 g/mol. The number of halogens is 1. The standard InChI is InChI=1S/C17H26FN3O3S/c1-11(2)16(17(22)20-13-8-9-19-12(3)10-13)21-25(23,24)15-7-5-4-6-14(15)18/h4-7,11-13,16,19,21H,8-10H2,1-3H3,(H,20,22). The van der Waals surface area contributed by atoms with Crippen LogP contribution >= 0.6 is 0 Å². The van der Waals surface area contributed by atoms with E-state index in [1.165, 1.54) is 18.2 Å². The van der Waals surface area contributed by atoms with Crippen LogP contribution in [0.15, 0.2) is 29.2 Å². The van der Waals surface area contributed by atoms with Crippen molar-refractivity contribution in [3.05, 3.63) is 30.1 Å². The van der Waals surface area contributed by atoms with Gasteiger partial charge in [-0.05, 0) is 44.4 Å². The number of rotatable bonds is 6. The first-order valence-electron chi connectivity index (χ1n) is 8.51. The molecule has 6 nitrogen and oxygen atoms in total. The van der Waals surface area contributed by atoms with E-state index in [9.17, 15) is 17.6 Å². The first-order chi connectivity index (χ1) is 11.7. The van der Waals surface area contributed by atoms with Crippen molar-refractivity contribution in [3.63, 3.8) is 0 Å². The highest BCUT2D eigenvalue weighted by Crippen LogP contribution is 2.16. The second-order valence-electron chi connectivity index (χ2n) is 6.86. The van der Waals surface area contributed by atoms with Gasteiger partial charge < -0.3 is 10.6 Å². The van der Waals surface area contributed by atoms with Crippen LogP contribution in [-0.2, 0) is 14.8 Å². The van der Waals surface area contributed by atoms with E-state index in [0.717, 1.165) is 25.5 Å². The van der Waals surface area contributed by atoms with Crippen LogP contribution in [0.4, 0.5) is 4.39 Å². The summed E-state index contributed by atoms with van der Waals surface area (Å²) in [6.45, 7) is 6.34. The Kier molecular flexibility index (Phi) is 6.53. The predicted octanol–water partition coefficient (Wildman–Crippen LogP) is 1.39. The zero-order valence-electron chi connectivity index (χ0n) is 14.8. The van der Waals surface area contributed by atoms with Crippen molar-refractivity contribution in [2.45, 2.75) is 56.6 Å². The van der Waals surface area contributed by atoms with Crippen molar-refractivity contribution in [3.8, 4) is 0 Å². The quantitative estimate of drug-likeness (QED) is 0.705. The van der Waals surface area contributed by atoms with Crippen molar-refractivity contribution >= 4 is 15.9 Å². The van der Waals surface area contributed by atoms with Crippen LogP contribution in [0.1, 0.15) is 33.6 Å². The molecule has 1 fully saturated rings. The van der Waals surface area contributed by atoms with Crippen molar-refractivity contribution < 1.29 is 17.6 Å². The van der Waals surface area contributed by atoms with E-state index in [1.54, 1.807) is 13.8 Å². The highest BCUT2D eigenvalue weighted by Gasteiger charge is 2.31. The molecule has 1 aromatic rings. The van der Waals surface area contributed by atoms with Gasteiger partial charge in [0.25, 0.3) is 0 Å². The highest BCUT2D eigenvalue weighted by molar-refractivity contribution is 7.89. The van der Waals surface area contributed by atoms with Crippen molar-refractivity contribution in [2.24, 2.45) is 5.92 Å². The molecule has 0 aliphatic carbocycles. The Hall–Kier alpha value is -1.51. The summed E-state index contributed by atoms with van der Waals surface area (Å²) in [5.74, 6) is -1.50. The summed E-state index contributed by atoms with van der Waals surface area (Å²) in [5, 5.41) is 6.22.